The predicted molar refractivity (Wildman–Crippen MR) is 65.7 cm³/mol. The molecule has 0 spiro atoms. The van der Waals surface area contributed by atoms with Gasteiger partial charge in [-0.25, -0.2) is 0 Å². The van der Waals surface area contributed by atoms with E-state index in [-0.39, 0.29) is 29.2 Å². The van der Waals surface area contributed by atoms with Crippen molar-refractivity contribution in [2.24, 2.45) is 0 Å². The lowest BCUT2D eigenvalue weighted by Crippen LogP contribution is -2.31. The van der Waals surface area contributed by atoms with E-state index in [1.54, 1.807) is 11.9 Å². The third-order valence-corrected chi connectivity index (χ3v) is 2.76. The van der Waals surface area contributed by atoms with Crippen LogP contribution in [0.15, 0.2) is 0 Å². The quantitative estimate of drug-likeness (QED) is 0.862. The van der Waals surface area contributed by atoms with E-state index >= 15 is 0 Å². The van der Waals surface area contributed by atoms with Crippen molar-refractivity contribution in [3.8, 4) is 6.01 Å². The van der Waals surface area contributed by atoms with Crippen molar-refractivity contribution in [2.75, 3.05) is 25.5 Å². The number of halogens is 1. The molecule has 0 aromatic carbocycles. The zero-order valence-electron chi connectivity index (χ0n) is 10.2. The fraction of sp³-hybridized carbons (Fsp3) is 0.600. The van der Waals surface area contributed by atoms with Crippen molar-refractivity contribution in [1.29, 1.82) is 0 Å². The molecule has 0 saturated carbocycles. The molecule has 1 aromatic heterocycles. The molecular formula is C10H14ClN5O2. The predicted octanol–water partition coefficient (Wildman–Crippen LogP) is 0.566. The van der Waals surface area contributed by atoms with Gasteiger partial charge in [0.25, 0.3) is 0 Å². The summed E-state index contributed by atoms with van der Waals surface area (Å²) in [6.07, 6.45) is 0.711. The van der Waals surface area contributed by atoms with Gasteiger partial charge in [-0.05, 0) is 24.9 Å². The highest BCUT2D eigenvalue weighted by Gasteiger charge is 2.29. The van der Waals surface area contributed by atoms with Crippen molar-refractivity contribution in [3.63, 3.8) is 0 Å². The van der Waals surface area contributed by atoms with Gasteiger partial charge in [0.2, 0.25) is 17.1 Å². The average Bonchev–Trinajstić information content (AvgIpc) is 2.61. The standard InChI is InChI=1S/C10H14ClN5O2/c1-3-18-10-14-8(11)13-9(15-10)12-6-4-5-16(2)7(6)17/h6H,3-5H2,1-2H3,(H,12,13,14,15). The summed E-state index contributed by atoms with van der Waals surface area (Å²) in [5.41, 5.74) is 0. The molecule has 1 aliphatic rings. The first-order valence-electron chi connectivity index (χ1n) is 5.66. The number of carbonyl (C=O) groups excluding carboxylic acids is 1. The van der Waals surface area contributed by atoms with Crippen molar-refractivity contribution in [1.82, 2.24) is 19.9 Å². The number of likely N-dealkylation sites (tertiary alicyclic amines) is 1. The van der Waals surface area contributed by atoms with Crippen LogP contribution in [0.1, 0.15) is 13.3 Å². The van der Waals surface area contributed by atoms with Gasteiger partial charge < -0.3 is 15.0 Å². The molecule has 1 N–H and O–H groups in total. The van der Waals surface area contributed by atoms with Crippen molar-refractivity contribution >= 4 is 23.5 Å². The van der Waals surface area contributed by atoms with Gasteiger partial charge in [-0.2, -0.15) is 15.0 Å². The molecule has 1 unspecified atom stereocenters. The molecule has 7 nitrogen and oxygen atoms in total. The lowest BCUT2D eigenvalue weighted by molar-refractivity contribution is -0.127. The second-order valence-electron chi connectivity index (χ2n) is 3.89. The van der Waals surface area contributed by atoms with Crippen LogP contribution in [-0.4, -0.2) is 52.0 Å². The van der Waals surface area contributed by atoms with E-state index in [1.165, 1.54) is 0 Å². The number of carbonyl (C=O) groups is 1. The molecule has 1 saturated heterocycles. The minimum atomic E-state index is -0.317. The normalized spacial score (nSPS) is 19.2. The van der Waals surface area contributed by atoms with Crippen LogP contribution in [0.2, 0.25) is 5.28 Å². The number of amides is 1. The molecule has 8 heteroatoms. The Morgan fingerprint density at radius 1 is 1.50 bits per heavy atom. The molecule has 0 aliphatic carbocycles. The molecule has 1 aliphatic heterocycles. The smallest absolute Gasteiger partial charge is 0.322 e. The molecule has 1 amide bonds. The second-order valence-corrected chi connectivity index (χ2v) is 4.23. The van der Waals surface area contributed by atoms with Crippen molar-refractivity contribution in [2.45, 2.75) is 19.4 Å². The van der Waals surface area contributed by atoms with Gasteiger partial charge in [0, 0.05) is 13.6 Å². The number of likely N-dealkylation sites (N-methyl/N-ethyl adjacent to an activating group) is 1. The molecule has 18 heavy (non-hydrogen) atoms. The van der Waals surface area contributed by atoms with Crippen LogP contribution < -0.4 is 10.1 Å². The summed E-state index contributed by atoms with van der Waals surface area (Å²) < 4.78 is 5.16. The van der Waals surface area contributed by atoms with Crippen LogP contribution in [-0.2, 0) is 4.79 Å². The summed E-state index contributed by atoms with van der Waals surface area (Å²) in [6.45, 7) is 2.97. The number of rotatable bonds is 4. The molecule has 1 aromatic rings. The van der Waals surface area contributed by atoms with E-state index in [0.29, 0.717) is 19.6 Å². The topological polar surface area (TPSA) is 80.2 Å². The Kier molecular flexibility index (Phi) is 3.81. The van der Waals surface area contributed by atoms with Crippen molar-refractivity contribution in [3.05, 3.63) is 5.28 Å². The lowest BCUT2D eigenvalue weighted by Gasteiger charge is -2.12. The maximum Gasteiger partial charge on any atom is 0.322 e. The first kappa shape index (κ1) is 12.8. The Bertz CT molecular complexity index is 456. The highest BCUT2D eigenvalue weighted by Crippen LogP contribution is 2.16. The fourth-order valence-electron chi connectivity index (χ4n) is 1.70. The number of nitrogens with one attached hydrogen (secondary N) is 1. The molecule has 1 atom stereocenters. The number of aromatic nitrogens is 3. The molecule has 0 radical (unpaired) electrons. The summed E-state index contributed by atoms with van der Waals surface area (Å²) in [4.78, 5) is 25.2. The van der Waals surface area contributed by atoms with Gasteiger partial charge >= 0.3 is 6.01 Å². The second kappa shape index (κ2) is 5.34. The molecule has 1 fully saturated rings. The fourth-order valence-corrected chi connectivity index (χ4v) is 1.85. The van der Waals surface area contributed by atoms with Crippen LogP contribution in [0, 0.1) is 0 Å². The minimum Gasteiger partial charge on any atom is -0.464 e. The Hall–Kier alpha value is -1.63. The Morgan fingerprint density at radius 2 is 2.28 bits per heavy atom. The third-order valence-electron chi connectivity index (χ3n) is 2.59. The largest absolute Gasteiger partial charge is 0.464 e. The maximum absolute atomic E-state index is 11.7. The summed E-state index contributed by atoms with van der Waals surface area (Å²) in [6, 6.07) is -0.165. The van der Waals surface area contributed by atoms with E-state index in [4.69, 9.17) is 16.3 Å². The SMILES string of the molecule is CCOc1nc(Cl)nc(NC2CCN(C)C2=O)n1. The Labute approximate surface area is 110 Å². The molecule has 0 bridgehead atoms. The van der Waals surface area contributed by atoms with Gasteiger partial charge in [0.05, 0.1) is 6.61 Å². The lowest BCUT2D eigenvalue weighted by atomic mass is 10.2. The summed E-state index contributed by atoms with van der Waals surface area (Å²) in [5, 5.41) is 2.98. The van der Waals surface area contributed by atoms with E-state index < -0.39 is 0 Å². The average molecular weight is 272 g/mol. The molecule has 2 heterocycles. The first-order valence-corrected chi connectivity index (χ1v) is 6.04. The highest BCUT2D eigenvalue weighted by molar-refractivity contribution is 6.28. The number of ether oxygens (including phenoxy) is 1. The zero-order chi connectivity index (χ0) is 13.1. The molecule has 2 rings (SSSR count). The summed E-state index contributed by atoms with van der Waals surface area (Å²) in [7, 11) is 1.76. The van der Waals surface area contributed by atoms with Crippen LogP contribution in [0.4, 0.5) is 5.95 Å². The molecule has 98 valence electrons. The van der Waals surface area contributed by atoms with Gasteiger partial charge in [0.1, 0.15) is 6.04 Å². The van der Waals surface area contributed by atoms with E-state index in [1.807, 2.05) is 6.92 Å². The van der Waals surface area contributed by atoms with Gasteiger partial charge in [-0.1, -0.05) is 0 Å². The minimum absolute atomic E-state index is 0.0181. The highest BCUT2D eigenvalue weighted by atomic mass is 35.5. The number of nitrogens with zero attached hydrogens (tertiary/aromatic N) is 4. The van der Waals surface area contributed by atoms with Crippen molar-refractivity contribution < 1.29 is 9.53 Å². The van der Waals surface area contributed by atoms with Gasteiger partial charge in [-0.3, -0.25) is 4.79 Å². The van der Waals surface area contributed by atoms with E-state index in [2.05, 4.69) is 20.3 Å². The summed E-state index contributed by atoms with van der Waals surface area (Å²) >= 11 is 5.76. The van der Waals surface area contributed by atoms with Gasteiger partial charge in [0.15, 0.2) is 0 Å². The number of anilines is 1. The zero-order valence-corrected chi connectivity index (χ0v) is 10.9. The van der Waals surface area contributed by atoms with Crippen LogP contribution in [0.25, 0.3) is 0 Å². The van der Waals surface area contributed by atoms with E-state index in [0.717, 1.165) is 0 Å². The number of hydrogen-bond donors (Lipinski definition) is 1. The summed E-state index contributed by atoms with van der Waals surface area (Å²) in [5.74, 6) is 0.275. The van der Waals surface area contributed by atoms with Crippen LogP contribution in [0.3, 0.4) is 0 Å². The first-order chi connectivity index (χ1) is 8.60. The molecular weight excluding hydrogens is 258 g/mol. The Balaban J connectivity index is 2.11. The number of hydrogen-bond acceptors (Lipinski definition) is 6. The van der Waals surface area contributed by atoms with Gasteiger partial charge in [-0.15, -0.1) is 0 Å². The van der Waals surface area contributed by atoms with Crippen LogP contribution >= 0.6 is 11.6 Å². The third kappa shape index (κ3) is 2.79. The van der Waals surface area contributed by atoms with Crippen LogP contribution in [0.5, 0.6) is 6.01 Å². The maximum atomic E-state index is 11.7. The van der Waals surface area contributed by atoms with E-state index in [9.17, 15) is 4.79 Å². The monoisotopic (exact) mass is 271 g/mol. The Morgan fingerprint density at radius 3 is 2.89 bits per heavy atom.